The monoisotopic (exact) mass is 320 g/mol. The summed E-state index contributed by atoms with van der Waals surface area (Å²) in [5.74, 6) is 1.06. The van der Waals surface area contributed by atoms with Crippen LogP contribution in [0.4, 0.5) is 6.01 Å². The number of nitrogens with one attached hydrogen (secondary N) is 1. The minimum Gasteiger partial charge on any atom is -0.402 e. The standard InChI is InChI=1S/C15H20N4O2S/c1-9-13(22-10(2)16-9)14-18-19-15(21-14)17-12(20)8-7-11-5-3-4-6-11/h11H,3-8H2,1-2H3,(H,17,19,20). The number of hydrogen-bond acceptors (Lipinski definition) is 6. The molecule has 2 aromatic rings. The molecule has 0 atom stereocenters. The summed E-state index contributed by atoms with van der Waals surface area (Å²) in [5.41, 5.74) is 0.866. The molecule has 22 heavy (non-hydrogen) atoms. The molecule has 3 rings (SSSR count). The third-order valence-electron chi connectivity index (χ3n) is 4.02. The zero-order valence-electron chi connectivity index (χ0n) is 12.9. The van der Waals surface area contributed by atoms with Gasteiger partial charge in [-0.25, -0.2) is 4.98 Å². The van der Waals surface area contributed by atoms with E-state index in [9.17, 15) is 4.79 Å². The van der Waals surface area contributed by atoms with Crippen molar-refractivity contribution in [3.63, 3.8) is 0 Å². The number of aryl methyl sites for hydroxylation is 2. The minimum atomic E-state index is -0.0562. The number of rotatable bonds is 5. The van der Waals surface area contributed by atoms with Crippen molar-refractivity contribution in [1.29, 1.82) is 0 Å². The van der Waals surface area contributed by atoms with Gasteiger partial charge in [0.05, 0.1) is 10.7 Å². The molecule has 0 bridgehead atoms. The Bertz CT molecular complexity index is 658. The molecule has 6 nitrogen and oxygen atoms in total. The van der Waals surface area contributed by atoms with Gasteiger partial charge in [-0.3, -0.25) is 10.1 Å². The summed E-state index contributed by atoms with van der Waals surface area (Å²) in [6.07, 6.45) is 6.56. The van der Waals surface area contributed by atoms with Crippen molar-refractivity contribution in [2.75, 3.05) is 5.32 Å². The molecular weight excluding hydrogens is 300 g/mol. The molecule has 0 aliphatic heterocycles. The Kier molecular flexibility index (Phi) is 4.52. The van der Waals surface area contributed by atoms with Crippen LogP contribution in [-0.4, -0.2) is 21.1 Å². The van der Waals surface area contributed by atoms with E-state index in [-0.39, 0.29) is 11.9 Å². The molecule has 2 heterocycles. The van der Waals surface area contributed by atoms with Crippen molar-refractivity contribution in [2.24, 2.45) is 5.92 Å². The Morgan fingerprint density at radius 1 is 1.32 bits per heavy atom. The fourth-order valence-corrected chi connectivity index (χ4v) is 3.75. The first-order valence-corrected chi connectivity index (χ1v) is 8.51. The molecule has 1 aliphatic rings. The van der Waals surface area contributed by atoms with Crippen LogP contribution >= 0.6 is 11.3 Å². The molecular formula is C15H20N4O2S. The number of anilines is 1. The van der Waals surface area contributed by atoms with Crippen LogP contribution in [0.3, 0.4) is 0 Å². The molecule has 7 heteroatoms. The van der Waals surface area contributed by atoms with E-state index in [0.717, 1.165) is 22.0 Å². The average Bonchev–Trinajstić information content (AvgIpc) is 3.18. The van der Waals surface area contributed by atoms with E-state index in [1.807, 2.05) is 13.8 Å². The van der Waals surface area contributed by atoms with E-state index in [2.05, 4.69) is 20.5 Å². The molecule has 0 aromatic carbocycles. The largest absolute Gasteiger partial charge is 0.402 e. The maximum absolute atomic E-state index is 11.9. The molecule has 2 aromatic heterocycles. The van der Waals surface area contributed by atoms with Crippen LogP contribution in [0.5, 0.6) is 0 Å². The third kappa shape index (κ3) is 3.52. The number of nitrogens with zero attached hydrogens (tertiary/aromatic N) is 3. The number of thiazole rings is 1. The number of amides is 1. The summed E-state index contributed by atoms with van der Waals surface area (Å²) >= 11 is 1.51. The van der Waals surface area contributed by atoms with Crippen LogP contribution in [0.2, 0.25) is 0 Å². The van der Waals surface area contributed by atoms with Crippen LogP contribution in [0.15, 0.2) is 4.42 Å². The summed E-state index contributed by atoms with van der Waals surface area (Å²) in [7, 11) is 0. The second-order valence-electron chi connectivity index (χ2n) is 5.80. The second-order valence-corrected chi connectivity index (χ2v) is 7.00. The Hall–Kier alpha value is -1.76. The summed E-state index contributed by atoms with van der Waals surface area (Å²) < 4.78 is 5.52. The molecule has 0 radical (unpaired) electrons. The highest BCUT2D eigenvalue weighted by Crippen LogP contribution is 2.30. The maximum Gasteiger partial charge on any atom is 0.322 e. The highest BCUT2D eigenvalue weighted by Gasteiger charge is 2.18. The van der Waals surface area contributed by atoms with Gasteiger partial charge in [-0.15, -0.1) is 16.4 Å². The molecule has 1 aliphatic carbocycles. The van der Waals surface area contributed by atoms with Crippen LogP contribution in [-0.2, 0) is 4.79 Å². The van der Waals surface area contributed by atoms with Crippen molar-refractivity contribution in [1.82, 2.24) is 15.2 Å². The lowest BCUT2D eigenvalue weighted by molar-refractivity contribution is -0.116. The van der Waals surface area contributed by atoms with Gasteiger partial charge in [0.25, 0.3) is 5.89 Å². The Morgan fingerprint density at radius 2 is 2.09 bits per heavy atom. The van der Waals surface area contributed by atoms with Crippen molar-refractivity contribution in [3.8, 4) is 10.8 Å². The van der Waals surface area contributed by atoms with E-state index in [1.54, 1.807) is 0 Å². The average molecular weight is 320 g/mol. The van der Waals surface area contributed by atoms with Crippen LogP contribution < -0.4 is 5.32 Å². The molecule has 1 saturated carbocycles. The van der Waals surface area contributed by atoms with E-state index in [0.29, 0.717) is 18.2 Å². The van der Waals surface area contributed by atoms with Crippen LogP contribution in [0, 0.1) is 19.8 Å². The molecule has 0 spiro atoms. The summed E-state index contributed by atoms with van der Waals surface area (Å²) in [6, 6.07) is 0.164. The lowest BCUT2D eigenvalue weighted by Crippen LogP contribution is -2.12. The van der Waals surface area contributed by atoms with E-state index in [4.69, 9.17) is 4.42 Å². The SMILES string of the molecule is Cc1nc(C)c(-c2nnc(NC(=O)CCC3CCCC3)o2)s1. The van der Waals surface area contributed by atoms with Gasteiger partial charge in [-0.1, -0.05) is 30.8 Å². The Balaban J connectivity index is 1.57. The zero-order valence-corrected chi connectivity index (χ0v) is 13.7. The summed E-state index contributed by atoms with van der Waals surface area (Å²) in [6.45, 7) is 3.84. The third-order valence-corrected chi connectivity index (χ3v) is 5.08. The summed E-state index contributed by atoms with van der Waals surface area (Å²) in [5, 5.41) is 11.5. The molecule has 1 fully saturated rings. The first kappa shape index (κ1) is 15.1. The van der Waals surface area contributed by atoms with Gasteiger partial charge >= 0.3 is 6.01 Å². The predicted octanol–water partition coefficient (Wildman–Crippen LogP) is 3.72. The van der Waals surface area contributed by atoms with Crippen molar-refractivity contribution < 1.29 is 9.21 Å². The predicted molar refractivity (Wildman–Crippen MR) is 84.7 cm³/mol. The van der Waals surface area contributed by atoms with Gasteiger partial charge in [-0.2, -0.15) is 0 Å². The zero-order chi connectivity index (χ0) is 15.5. The fourth-order valence-electron chi connectivity index (χ4n) is 2.91. The first-order valence-electron chi connectivity index (χ1n) is 7.69. The van der Waals surface area contributed by atoms with Gasteiger partial charge in [-0.05, 0) is 26.2 Å². The minimum absolute atomic E-state index is 0.0562. The maximum atomic E-state index is 11.9. The van der Waals surface area contributed by atoms with Gasteiger partial charge in [0.15, 0.2) is 0 Å². The number of carbonyl (C=O) groups excluding carboxylic acids is 1. The lowest BCUT2D eigenvalue weighted by atomic mass is 10.0. The smallest absolute Gasteiger partial charge is 0.322 e. The van der Waals surface area contributed by atoms with Crippen molar-refractivity contribution in [2.45, 2.75) is 52.4 Å². The highest BCUT2D eigenvalue weighted by atomic mass is 32.1. The van der Waals surface area contributed by atoms with E-state index >= 15 is 0 Å². The van der Waals surface area contributed by atoms with E-state index in [1.165, 1.54) is 37.0 Å². The Morgan fingerprint density at radius 3 is 2.77 bits per heavy atom. The highest BCUT2D eigenvalue weighted by molar-refractivity contribution is 7.15. The quantitative estimate of drug-likeness (QED) is 0.908. The molecule has 0 saturated heterocycles. The van der Waals surface area contributed by atoms with Crippen molar-refractivity contribution in [3.05, 3.63) is 10.7 Å². The van der Waals surface area contributed by atoms with Crippen LogP contribution in [0.1, 0.15) is 49.2 Å². The van der Waals surface area contributed by atoms with Crippen LogP contribution in [0.25, 0.3) is 10.8 Å². The molecule has 1 amide bonds. The first-order chi connectivity index (χ1) is 10.6. The van der Waals surface area contributed by atoms with Gasteiger partial charge in [0.1, 0.15) is 4.88 Å². The topological polar surface area (TPSA) is 80.9 Å². The summed E-state index contributed by atoms with van der Waals surface area (Å²) in [4.78, 5) is 17.1. The number of carbonyl (C=O) groups is 1. The molecule has 118 valence electrons. The van der Waals surface area contributed by atoms with E-state index < -0.39 is 0 Å². The lowest BCUT2D eigenvalue weighted by Gasteiger charge is -2.06. The molecule has 1 N–H and O–H groups in total. The Labute approximate surface area is 133 Å². The number of aromatic nitrogens is 3. The fraction of sp³-hybridized carbons (Fsp3) is 0.600. The van der Waals surface area contributed by atoms with Gasteiger partial charge < -0.3 is 4.42 Å². The molecule has 0 unspecified atom stereocenters. The van der Waals surface area contributed by atoms with Crippen molar-refractivity contribution >= 4 is 23.3 Å². The van der Waals surface area contributed by atoms with Gasteiger partial charge in [0.2, 0.25) is 5.91 Å². The van der Waals surface area contributed by atoms with Gasteiger partial charge in [0, 0.05) is 6.42 Å². The second kappa shape index (κ2) is 6.56. The number of hydrogen-bond donors (Lipinski definition) is 1. The normalized spacial score (nSPS) is 15.4.